The van der Waals surface area contributed by atoms with Gasteiger partial charge in [-0.3, -0.25) is 4.79 Å². The summed E-state index contributed by atoms with van der Waals surface area (Å²) < 4.78 is 0. The van der Waals surface area contributed by atoms with Crippen molar-refractivity contribution in [1.82, 2.24) is 0 Å². The summed E-state index contributed by atoms with van der Waals surface area (Å²) in [5.41, 5.74) is 5.89. The predicted molar refractivity (Wildman–Crippen MR) is 147 cm³/mol. The third-order valence-electron chi connectivity index (χ3n) is 6.81. The molecule has 0 spiro atoms. The largest absolute Gasteiger partial charge is 0.367 e. The molecular formula is C31H42N2O. The van der Waals surface area contributed by atoms with Crippen LogP contribution in [0.3, 0.4) is 0 Å². The molecule has 1 atom stereocenters. The van der Waals surface area contributed by atoms with E-state index in [2.05, 4.69) is 112 Å². The molecule has 182 valence electrons. The Kier molecular flexibility index (Phi) is 9.15. The van der Waals surface area contributed by atoms with E-state index in [4.69, 9.17) is 0 Å². The molecule has 0 heterocycles. The lowest BCUT2D eigenvalue weighted by Crippen LogP contribution is -2.30. The van der Waals surface area contributed by atoms with Gasteiger partial charge in [-0.2, -0.15) is 0 Å². The van der Waals surface area contributed by atoms with Crippen LogP contribution in [-0.4, -0.2) is 19.0 Å². The Morgan fingerprint density at radius 3 is 2.12 bits per heavy atom. The summed E-state index contributed by atoms with van der Waals surface area (Å²) in [6.45, 7) is 14.8. The smallest absolute Gasteiger partial charge is 0.226 e. The van der Waals surface area contributed by atoms with Crippen LogP contribution in [0, 0.1) is 11.8 Å². The summed E-state index contributed by atoms with van der Waals surface area (Å²) in [6.07, 6.45) is 8.54. The highest BCUT2D eigenvalue weighted by Crippen LogP contribution is 2.32. The molecule has 0 fully saturated rings. The zero-order valence-corrected chi connectivity index (χ0v) is 21.8. The Labute approximate surface area is 207 Å². The number of benzene rings is 2. The minimum atomic E-state index is 0.0731. The molecule has 3 nitrogen and oxygen atoms in total. The SMILES string of the molecule is CC(C)c1cccc(C(C)C)c1NC(=O)CCN(CC1=CCC(C(C)C)C=C1)c1ccccc1. The van der Waals surface area contributed by atoms with Crippen LogP contribution in [0.4, 0.5) is 11.4 Å². The van der Waals surface area contributed by atoms with Gasteiger partial charge in [0.05, 0.1) is 0 Å². The zero-order valence-electron chi connectivity index (χ0n) is 21.8. The zero-order chi connectivity index (χ0) is 24.7. The monoisotopic (exact) mass is 458 g/mol. The van der Waals surface area contributed by atoms with Crippen LogP contribution in [0.5, 0.6) is 0 Å². The van der Waals surface area contributed by atoms with Crippen molar-refractivity contribution in [3.05, 3.63) is 83.5 Å². The number of carbonyl (C=O) groups excluding carboxylic acids is 1. The maximum Gasteiger partial charge on any atom is 0.226 e. The normalized spacial score (nSPS) is 15.7. The van der Waals surface area contributed by atoms with E-state index in [0.717, 1.165) is 24.3 Å². The van der Waals surface area contributed by atoms with Crippen LogP contribution in [0.1, 0.15) is 77.3 Å². The first-order valence-corrected chi connectivity index (χ1v) is 12.9. The molecule has 1 aliphatic carbocycles. The topological polar surface area (TPSA) is 32.3 Å². The van der Waals surface area contributed by atoms with Gasteiger partial charge in [0.15, 0.2) is 0 Å². The number of para-hydroxylation sites is 2. The van der Waals surface area contributed by atoms with Gasteiger partial charge in [-0.25, -0.2) is 0 Å². The Morgan fingerprint density at radius 1 is 0.941 bits per heavy atom. The van der Waals surface area contributed by atoms with Gasteiger partial charge >= 0.3 is 0 Å². The number of hydrogen-bond donors (Lipinski definition) is 1. The third-order valence-corrected chi connectivity index (χ3v) is 6.81. The average Bonchev–Trinajstić information content (AvgIpc) is 2.82. The number of anilines is 2. The Hall–Kier alpha value is -2.81. The number of carbonyl (C=O) groups is 1. The van der Waals surface area contributed by atoms with Gasteiger partial charge in [-0.05, 0) is 58.9 Å². The fourth-order valence-electron chi connectivity index (χ4n) is 4.59. The molecular weight excluding hydrogens is 416 g/mol. The lowest BCUT2D eigenvalue weighted by Gasteiger charge is -2.28. The summed E-state index contributed by atoms with van der Waals surface area (Å²) in [6, 6.07) is 16.8. The Bertz CT molecular complexity index is 975. The second kappa shape index (κ2) is 12.1. The van der Waals surface area contributed by atoms with E-state index in [0.29, 0.717) is 36.6 Å². The number of rotatable bonds is 10. The van der Waals surface area contributed by atoms with Crippen molar-refractivity contribution in [1.29, 1.82) is 0 Å². The predicted octanol–water partition coefficient (Wildman–Crippen LogP) is 7.93. The Morgan fingerprint density at radius 2 is 1.59 bits per heavy atom. The van der Waals surface area contributed by atoms with E-state index in [9.17, 15) is 4.79 Å². The highest BCUT2D eigenvalue weighted by atomic mass is 16.1. The second-order valence-electron chi connectivity index (χ2n) is 10.5. The van der Waals surface area contributed by atoms with E-state index in [1.807, 2.05) is 6.07 Å². The van der Waals surface area contributed by atoms with E-state index in [1.165, 1.54) is 16.7 Å². The number of nitrogens with one attached hydrogen (secondary N) is 1. The quantitative estimate of drug-likeness (QED) is 0.392. The highest BCUT2D eigenvalue weighted by Gasteiger charge is 2.18. The summed E-state index contributed by atoms with van der Waals surface area (Å²) >= 11 is 0. The van der Waals surface area contributed by atoms with Crippen molar-refractivity contribution in [2.75, 3.05) is 23.3 Å². The Balaban J connectivity index is 1.72. The molecule has 0 aliphatic heterocycles. The van der Waals surface area contributed by atoms with Crippen LogP contribution in [0.15, 0.2) is 72.3 Å². The summed E-state index contributed by atoms with van der Waals surface area (Å²) in [5.74, 6) is 2.07. The number of nitrogens with zero attached hydrogens (tertiary/aromatic N) is 1. The first kappa shape index (κ1) is 25.8. The summed E-state index contributed by atoms with van der Waals surface area (Å²) in [7, 11) is 0. The van der Waals surface area contributed by atoms with Crippen molar-refractivity contribution in [3.8, 4) is 0 Å². The van der Waals surface area contributed by atoms with Crippen molar-refractivity contribution < 1.29 is 4.79 Å². The lowest BCUT2D eigenvalue weighted by molar-refractivity contribution is -0.116. The van der Waals surface area contributed by atoms with Gasteiger partial charge in [0.25, 0.3) is 0 Å². The maximum absolute atomic E-state index is 13.1. The van der Waals surface area contributed by atoms with Gasteiger partial charge in [-0.1, -0.05) is 96.2 Å². The first-order chi connectivity index (χ1) is 16.3. The van der Waals surface area contributed by atoms with Crippen molar-refractivity contribution in [2.45, 2.75) is 66.2 Å². The van der Waals surface area contributed by atoms with E-state index in [-0.39, 0.29) is 5.91 Å². The molecule has 3 heteroatoms. The summed E-state index contributed by atoms with van der Waals surface area (Å²) in [4.78, 5) is 15.5. The van der Waals surface area contributed by atoms with Crippen molar-refractivity contribution in [3.63, 3.8) is 0 Å². The molecule has 0 saturated heterocycles. The molecule has 0 radical (unpaired) electrons. The maximum atomic E-state index is 13.1. The van der Waals surface area contributed by atoms with Crippen LogP contribution in [-0.2, 0) is 4.79 Å². The fraction of sp³-hybridized carbons (Fsp3) is 0.452. The molecule has 1 unspecified atom stereocenters. The molecule has 1 amide bonds. The first-order valence-electron chi connectivity index (χ1n) is 12.9. The van der Waals surface area contributed by atoms with Gasteiger partial charge < -0.3 is 10.2 Å². The molecule has 3 rings (SSSR count). The van der Waals surface area contributed by atoms with Crippen molar-refractivity contribution in [2.24, 2.45) is 11.8 Å². The van der Waals surface area contributed by atoms with Crippen LogP contribution < -0.4 is 10.2 Å². The number of allylic oxidation sites excluding steroid dienone is 2. The molecule has 34 heavy (non-hydrogen) atoms. The molecule has 0 bridgehead atoms. The van der Waals surface area contributed by atoms with E-state index >= 15 is 0 Å². The van der Waals surface area contributed by atoms with Gasteiger partial charge in [0.1, 0.15) is 0 Å². The molecule has 2 aromatic rings. The van der Waals surface area contributed by atoms with Crippen LogP contribution in [0.2, 0.25) is 0 Å². The van der Waals surface area contributed by atoms with E-state index in [1.54, 1.807) is 0 Å². The standard InChI is InChI=1S/C31H42N2O/c1-22(2)26-17-15-25(16-18-26)21-33(27-11-8-7-9-12-27)20-19-30(34)32-31-28(23(3)4)13-10-14-29(31)24(5)6/h7-17,22-24,26H,18-21H2,1-6H3,(H,32,34). The molecule has 1 N–H and O–H groups in total. The van der Waals surface area contributed by atoms with Gasteiger partial charge in [0.2, 0.25) is 5.91 Å². The van der Waals surface area contributed by atoms with Crippen molar-refractivity contribution >= 4 is 17.3 Å². The van der Waals surface area contributed by atoms with E-state index < -0.39 is 0 Å². The lowest BCUT2D eigenvalue weighted by atomic mass is 9.87. The number of hydrogen-bond acceptors (Lipinski definition) is 2. The van der Waals surface area contributed by atoms with Gasteiger partial charge in [-0.15, -0.1) is 0 Å². The molecule has 0 saturated carbocycles. The fourth-order valence-corrected chi connectivity index (χ4v) is 4.59. The van der Waals surface area contributed by atoms with Crippen LogP contribution in [0.25, 0.3) is 0 Å². The second-order valence-corrected chi connectivity index (χ2v) is 10.5. The average molecular weight is 459 g/mol. The van der Waals surface area contributed by atoms with Gasteiger partial charge in [0, 0.05) is 30.9 Å². The number of amides is 1. The molecule has 2 aromatic carbocycles. The minimum absolute atomic E-state index is 0.0731. The minimum Gasteiger partial charge on any atom is -0.367 e. The molecule has 1 aliphatic rings. The molecule has 0 aromatic heterocycles. The summed E-state index contributed by atoms with van der Waals surface area (Å²) in [5, 5.41) is 3.28. The van der Waals surface area contributed by atoms with Crippen LogP contribution >= 0.6 is 0 Å². The highest BCUT2D eigenvalue weighted by molar-refractivity contribution is 5.93. The third kappa shape index (κ3) is 6.85.